The number of amides is 1. The lowest BCUT2D eigenvalue weighted by atomic mass is 9.87. The van der Waals surface area contributed by atoms with E-state index in [1.165, 1.54) is 10.7 Å². The lowest BCUT2D eigenvalue weighted by Gasteiger charge is -2.40. The van der Waals surface area contributed by atoms with Crippen molar-refractivity contribution in [1.29, 1.82) is 0 Å². The van der Waals surface area contributed by atoms with Crippen LogP contribution < -0.4 is 5.32 Å². The van der Waals surface area contributed by atoms with E-state index < -0.39 is 11.8 Å². The minimum absolute atomic E-state index is 0. The Balaban J connectivity index is 0.00000192. The van der Waals surface area contributed by atoms with Gasteiger partial charge in [0, 0.05) is 45.5 Å². The predicted molar refractivity (Wildman–Crippen MR) is 167 cm³/mol. The summed E-state index contributed by atoms with van der Waals surface area (Å²) in [4.78, 5) is 41.4. The van der Waals surface area contributed by atoms with Gasteiger partial charge in [-0.05, 0) is 56.1 Å². The number of hydrogen-bond donors (Lipinski definition) is 3. The number of ether oxygens (including phenoxy) is 1. The molecule has 1 unspecified atom stereocenters. The first-order chi connectivity index (χ1) is 21.1. The molecule has 1 fully saturated rings. The first kappa shape index (κ1) is 41.2. The third-order valence-corrected chi connectivity index (χ3v) is 6.99. The molecule has 1 amide bonds. The van der Waals surface area contributed by atoms with Gasteiger partial charge in [0.25, 0.3) is 5.91 Å². The van der Waals surface area contributed by atoms with E-state index in [0.717, 1.165) is 44.7 Å². The molecule has 1 aliphatic heterocycles. The van der Waals surface area contributed by atoms with E-state index >= 15 is 0 Å². The van der Waals surface area contributed by atoms with Gasteiger partial charge in [-0.15, -0.1) is 5.10 Å². The third-order valence-electron chi connectivity index (χ3n) is 6.99. The van der Waals surface area contributed by atoms with Crippen molar-refractivity contribution in [2.45, 2.75) is 78.9 Å². The van der Waals surface area contributed by atoms with Gasteiger partial charge < -0.3 is 25.2 Å². The summed E-state index contributed by atoms with van der Waals surface area (Å²) in [6, 6.07) is 6.34. The number of carbonyl (C=O) groups excluding carboxylic acids is 3. The Hall–Kier alpha value is -3.77. The Bertz CT molecular complexity index is 1200. The van der Waals surface area contributed by atoms with E-state index in [1.54, 1.807) is 25.3 Å². The number of aromatic nitrogens is 3. The molecule has 3 atom stereocenters. The summed E-state index contributed by atoms with van der Waals surface area (Å²) >= 11 is 0. The number of carboxylic acid groups (broad SMARTS) is 1. The van der Waals surface area contributed by atoms with Crippen molar-refractivity contribution >= 4 is 18.0 Å². The summed E-state index contributed by atoms with van der Waals surface area (Å²) in [5.41, 5.74) is 1.16. The van der Waals surface area contributed by atoms with Crippen LogP contribution in [-0.2, 0) is 25.5 Å². The maximum Gasteiger partial charge on any atom is 0.373 e. The Morgan fingerprint density at radius 2 is 1.91 bits per heavy atom. The first-order valence-corrected chi connectivity index (χ1v) is 14.8. The molecule has 2 aromatic rings. The van der Waals surface area contributed by atoms with E-state index in [1.807, 2.05) is 4.90 Å². The van der Waals surface area contributed by atoms with Crippen molar-refractivity contribution in [2.75, 3.05) is 33.4 Å². The van der Waals surface area contributed by atoms with Crippen molar-refractivity contribution in [2.24, 2.45) is 11.8 Å². The second-order valence-electron chi connectivity index (χ2n) is 10.8. The van der Waals surface area contributed by atoms with Gasteiger partial charge >= 0.3 is 12.1 Å². The third kappa shape index (κ3) is 13.8. The lowest BCUT2D eigenvalue weighted by molar-refractivity contribution is -0.191. The number of aliphatic hydroxyl groups is 1. The molecule has 13 heteroatoms. The molecule has 0 radical (unpaired) electrons. The van der Waals surface area contributed by atoms with Gasteiger partial charge in [-0.1, -0.05) is 58.5 Å². The van der Waals surface area contributed by atoms with Crippen LogP contribution in [0.2, 0.25) is 0 Å². The number of hydrogen-bond acceptors (Lipinski definition) is 9. The normalized spacial score (nSPS) is 16.1. The fourth-order valence-corrected chi connectivity index (χ4v) is 4.99. The standard InChI is InChI=1S/C27H42FN5O3.C3H4O2.CO2.CH4/c1-5-10-25(34)20-15-21(17-29-16-20)32(18-19(2)3)27(35)26-24(13-8-9-14-36-4)33(31-30-26)23-12-7-6-11-22(23)28;1-2-3(4)5;2-1-3;/h6-7,11-12,19-21,25,29,34H,5,8-10,13-18H2,1-4H3;2H,1H2,(H,4,5);;1H4/t20-,21+,25?;;;/m1.../s1. The maximum atomic E-state index is 14.7. The van der Waals surface area contributed by atoms with E-state index in [2.05, 4.69) is 43.0 Å². The van der Waals surface area contributed by atoms with Gasteiger partial charge in [0.15, 0.2) is 5.69 Å². The number of unbranched alkanes of at least 4 members (excludes halogenated alkanes) is 1. The van der Waals surface area contributed by atoms with Gasteiger partial charge in [-0.2, -0.15) is 9.59 Å². The summed E-state index contributed by atoms with van der Waals surface area (Å²) < 4.78 is 21.3. The smallest absolute Gasteiger partial charge is 0.373 e. The fraction of sp³-hybridized carbons (Fsp3) is 0.594. The summed E-state index contributed by atoms with van der Waals surface area (Å²) in [6.07, 6.45) is 5.20. The van der Waals surface area contributed by atoms with Crippen molar-refractivity contribution in [3.8, 4) is 5.69 Å². The molecule has 12 nitrogen and oxygen atoms in total. The fourth-order valence-electron chi connectivity index (χ4n) is 4.99. The zero-order chi connectivity index (χ0) is 33.1. The number of piperidine rings is 1. The molecule has 1 aliphatic rings. The average Bonchev–Trinajstić information content (AvgIpc) is 3.42. The number of carboxylic acids is 1. The number of nitrogens with zero attached hydrogens (tertiary/aromatic N) is 4. The quantitative estimate of drug-likeness (QED) is 0.205. The number of carbonyl (C=O) groups is 2. The second kappa shape index (κ2) is 22.7. The van der Waals surface area contributed by atoms with Crippen LogP contribution in [0.3, 0.4) is 0 Å². The lowest BCUT2D eigenvalue weighted by Crippen LogP contribution is -2.54. The molecule has 2 heterocycles. The zero-order valence-electron chi connectivity index (χ0n) is 26.1. The molecule has 45 heavy (non-hydrogen) atoms. The van der Waals surface area contributed by atoms with Crippen molar-refractivity contribution in [3.63, 3.8) is 0 Å². The number of nitrogens with one attached hydrogen (secondary N) is 1. The molecule has 3 rings (SSSR count). The molecule has 1 saturated heterocycles. The molecule has 1 aromatic carbocycles. The Kier molecular flexibility index (Phi) is 20.8. The number of para-hydroxylation sites is 1. The van der Waals surface area contributed by atoms with E-state index in [9.17, 15) is 19.1 Å². The van der Waals surface area contributed by atoms with E-state index in [-0.39, 0.29) is 54.8 Å². The molecule has 0 saturated carbocycles. The molecule has 0 spiro atoms. The van der Waals surface area contributed by atoms with Crippen LogP contribution in [0.25, 0.3) is 5.69 Å². The molecule has 0 aliphatic carbocycles. The number of aliphatic carboxylic acids is 1. The Morgan fingerprint density at radius 1 is 1.27 bits per heavy atom. The maximum absolute atomic E-state index is 14.7. The van der Waals surface area contributed by atoms with Gasteiger partial charge in [0.1, 0.15) is 11.5 Å². The summed E-state index contributed by atoms with van der Waals surface area (Å²) in [7, 11) is 1.66. The molecule has 1 aromatic heterocycles. The van der Waals surface area contributed by atoms with Crippen LogP contribution in [0, 0.1) is 17.7 Å². The summed E-state index contributed by atoms with van der Waals surface area (Å²) in [6.45, 7) is 11.8. The highest BCUT2D eigenvalue weighted by atomic mass is 19.1. The van der Waals surface area contributed by atoms with Crippen LogP contribution in [-0.4, -0.2) is 93.6 Å². The van der Waals surface area contributed by atoms with E-state index in [0.29, 0.717) is 31.8 Å². The second-order valence-corrected chi connectivity index (χ2v) is 10.8. The van der Waals surface area contributed by atoms with Crippen molar-refractivity contribution in [3.05, 3.63) is 54.1 Å². The summed E-state index contributed by atoms with van der Waals surface area (Å²) in [5.74, 6) is -1.24. The SMILES string of the molecule is C.C=CC(=O)O.CCCC(O)[C@H]1CNC[C@@H](N(CC(C)C)C(=O)c2nnn(-c3ccccc3F)c2CCCCOC)C1.O=C=O. The number of aliphatic hydroxyl groups excluding tert-OH is 1. The number of halogens is 1. The first-order valence-electron chi connectivity index (χ1n) is 14.8. The Labute approximate surface area is 265 Å². The molecule has 0 bridgehead atoms. The largest absolute Gasteiger partial charge is 0.478 e. The highest BCUT2D eigenvalue weighted by Gasteiger charge is 2.35. The zero-order valence-corrected chi connectivity index (χ0v) is 26.1. The number of rotatable bonds is 14. The van der Waals surface area contributed by atoms with Crippen molar-refractivity contribution < 1.29 is 38.5 Å². The minimum Gasteiger partial charge on any atom is -0.478 e. The van der Waals surface area contributed by atoms with Crippen molar-refractivity contribution in [1.82, 2.24) is 25.2 Å². The van der Waals surface area contributed by atoms with Crippen LogP contribution in [0.4, 0.5) is 4.39 Å². The van der Waals surface area contributed by atoms with Gasteiger partial charge in [-0.3, -0.25) is 4.79 Å². The van der Waals surface area contributed by atoms with Gasteiger partial charge in [0.05, 0.1) is 11.8 Å². The number of benzene rings is 1. The monoisotopic (exact) mass is 635 g/mol. The van der Waals surface area contributed by atoms with Gasteiger partial charge in [0.2, 0.25) is 0 Å². The van der Waals surface area contributed by atoms with Crippen LogP contribution in [0.1, 0.15) is 76.5 Å². The molecule has 252 valence electrons. The summed E-state index contributed by atoms with van der Waals surface area (Å²) in [5, 5.41) is 30.2. The highest BCUT2D eigenvalue weighted by molar-refractivity contribution is 5.93. The Morgan fingerprint density at radius 3 is 2.47 bits per heavy atom. The number of methoxy groups -OCH3 is 1. The molecule has 3 N–H and O–H groups in total. The highest BCUT2D eigenvalue weighted by Crippen LogP contribution is 2.25. The van der Waals surface area contributed by atoms with Gasteiger partial charge in [-0.25, -0.2) is 13.9 Å². The van der Waals surface area contributed by atoms with Crippen LogP contribution >= 0.6 is 0 Å². The topological polar surface area (TPSA) is 164 Å². The average molecular weight is 636 g/mol. The molecular formula is C32H50FN5O7. The van der Waals surface area contributed by atoms with E-state index in [4.69, 9.17) is 19.4 Å². The van der Waals surface area contributed by atoms with Crippen LogP contribution in [0.15, 0.2) is 36.9 Å². The predicted octanol–water partition coefficient (Wildman–Crippen LogP) is 3.92. The minimum atomic E-state index is -0.981. The van der Waals surface area contributed by atoms with Crippen LogP contribution in [0.5, 0.6) is 0 Å². The molecular weight excluding hydrogens is 585 g/mol.